The zero-order valence-corrected chi connectivity index (χ0v) is 22.0. The van der Waals surface area contributed by atoms with E-state index in [4.69, 9.17) is 16.3 Å². The third-order valence-electron chi connectivity index (χ3n) is 5.43. The van der Waals surface area contributed by atoms with Crippen LogP contribution in [-0.2, 0) is 22.0 Å². The number of carbonyl (C=O) groups excluding carboxylic acids is 1. The minimum absolute atomic E-state index is 0.0796. The highest BCUT2D eigenvalue weighted by atomic mass is 35.5. The topological polar surface area (TPSA) is 75.7 Å². The van der Waals surface area contributed by atoms with E-state index >= 15 is 0 Å². The lowest BCUT2D eigenvalue weighted by Gasteiger charge is -2.23. The van der Waals surface area contributed by atoms with Crippen molar-refractivity contribution in [3.05, 3.63) is 94.5 Å². The second-order valence-electron chi connectivity index (χ2n) is 9.32. The number of halogens is 1. The van der Waals surface area contributed by atoms with Crippen LogP contribution in [0.2, 0.25) is 5.02 Å². The molecule has 3 aromatic carbocycles. The lowest BCUT2D eigenvalue weighted by atomic mass is 9.87. The SMILES string of the molecule is CC(C)(C)c1ccc(OCCNC(=O)c2ccc(N(Cc3ccc(Cl)cc3)S(C)(=O)=O)cc2)cc1. The molecule has 3 rings (SSSR count). The summed E-state index contributed by atoms with van der Waals surface area (Å²) >= 11 is 5.92. The first-order valence-corrected chi connectivity index (χ1v) is 13.5. The van der Waals surface area contributed by atoms with Gasteiger partial charge in [-0.15, -0.1) is 0 Å². The van der Waals surface area contributed by atoms with E-state index in [9.17, 15) is 13.2 Å². The van der Waals surface area contributed by atoms with Gasteiger partial charge in [-0.1, -0.05) is 56.6 Å². The molecule has 1 amide bonds. The maximum Gasteiger partial charge on any atom is 0.251 e. The van der Waals surface area contributed by atoms with Gasteiger partial charge < -0.3 is 10.1 Å². The van der Waals surface area contributed by atoms with Gasteiger partial charge in [0.1, 0.15) is 12.4 Å². The summed E-state index contributed by atoms with van der Waals surface area (Å²) in [6.45, 7) is 7.31. The maximum atomic E-state index is 12.5. The Morgan fingerprint density at radius 1 is 0.943 bits per heavy atom. The van der Waals surface area contributed by atoms with Crippen molar-refractivity contribution in [2.45, 2.75) is 32.7 Å². The molecule has 0 aliphatic heterocycles. The van der Waals surface area contributed by atoms with Gasteiger partial charge >= 0.3 is 0 Å². The number of hydrogen-bond donors (Lipinski definition) is 1. The monoisotopic (exact) mass is 514 g/mol. The number of nitrogens with one attached hydrogen (secondary N) is 1. The first-order valence-electron chi connectivity index (χ1n) is 11.3. The van der Waals surface area contributed by atoms with Gasteiger partial charge in [-0.25, -0.2) is 8.42 Å². The molecule has 0 fully saturated rings. The van der Waals surface area contributed by atoms with Crippen LogP contribution in [0.25, 0.3) is 0 Å². The molecule has 8 heteroatoms. The van der Waals surface area contributed by atoms with Crippen molar-refractivity contribution in [1.29, 1.82) is 0 Å². The zero-order valence-electron chi connectivity index (χ0n) is 20.4. The number of sulfonamides is 1. The number of hydrogen-bond acceptors (Lipinski definition) is 4. The van der Waals surface area contributed by atoms with Crippen LogP contribution in [0.4, 0.5) is 5.69 Å². The Labute approximate surface area is 212 Å². The van der Waals surface area contributed by atoms with Gasteiger partial charge in [0.25, 0.3) is 5.91 Å². The summed E-state index contributed by atoms with van der Waals surface area (Å²) < 4.78 is 31.8. The number of rotatable bonds is 9. The highest BCUT2D eigenvalue weighted by molar-refractivity contribution is 7.92. The van der Waals surface area contributed by atoms with Gasteiger partial charge in [0, 0.05) is 10.6 Å². The standard InChI is InChI=1S/C27H31ClN2O4S/c1-27(2,3)22-9-15-25(16-10-22)34-18-17-29-26(31)21-7-13-24(14-8-21)30(35(4,32)33)19-20-5-11-23(28)12-6-20/h5-16H,17-19H2,1-4H3,(H,29,31). The van der Waals surface area contributed by atoms with Crippen LogP contribution in [0.5, 0.6) is 5.75 Å². The molecular weight excluding hydrogens is 484 g/mol. The molecule has 0 aliphatic carbocycles. The summed E-state index contributed by atoms with van der Waals surface area (Å²) in [6.07, 6.45) is 1.15. The van der Waals surface area contributed by atoms with E-state index in [-0.39, 0.29) is 17.9 Å². The smallest absolute Gasteiger partial charge is 0.251 e. The first-order chi connectivity index (χ1) is 16.4. The van der Waals surface area contributed by atoms with E-state index in [1.54, 1.807) is 48.5 Å². The number of nitrogens with zero attached hydrogens (tertiary/aromatic N) is 1. The molecule has 35 heavy (non-hydrogen) atoms. The molecule has 0 aliphatic rings. The van der Waals surface area contributed by atoms with Crippen molar-refractivity contribution in [1.82, 2.24) is 5.32 Å². The predicted molar refractivity (Wildman–Crippen MR) is 142 cm³/mol. The van der Waals surface area contributed by atoms with Gasteiger partial charge in [-0.05, 0) is 65.1 Å². The normalized spacial score (nSPS) is 11.7. The van der Waals surface area contributed by atoms with Gasteiger partial charge in [0.05, 0.1) is 25.0 Å². The summed E-state index contributed by atoms with van der Waals surface area (Å²) in [7, 11) is -3.53. The minimum Gasteiger partial charge on any atom is -0.492 e. The second-order valence-corrected chi connectivity index (χ2v) is 11.7. The Hall–Kier alpha value is -3.03. The third kappa shape index (κ3) is 7.73. The Balaban J connectivity index is 1.55. The highest BCUT2D eigenvalue weighted by Gasteiger charge is 2.18. The zero-order chi connectivity index (χ0) is 25.6. The first kappa shape index (κ1) is 26.6. The third-order valence-corrected chi connectivity index (χ3v) is 6.83. The van der Waals surface area contributed by atoms with Crippen LogP contribution in [0.15, 0.2) is 72.8 Å². The van der Waals surface area contributed by atoms with E-state index in [2.05, 4.69) is 26.1 Å². The molecule has 6 nitrogen and oxygen atoms in total. The average Bonchev–Trinajstić information content (AvgIpc) is 2.80. The molecule has 0 heterocycles. The van der Waals surface area contributed by atoms with Gasteiger partial charge in [-0.3, -0.25) is 9.10 Å². The number of benzene rings is 3. The molecule has 186 valence electrons. The van der Waals surface area contributed by atoms with Crippen molar-refractivity contribution in [2.24, 2.45) is 0 Å². The lowest BCUT2D eigenvalue weighted by molar-refractivity contribution is 0.0947. The molecule has 0 bridgehead atoms. The number of carbonyl (C=O) groups is 1. The van der Waals surface area contributed by atoms with E-state index in [1.165, 1.54) is 9.87 Å². The minimum atomic E-state index is -3.53. The molecule has 0 spiro atoms. The summed E-state index contributed by atoms with van der Waals surface area (Å²) in [4.78, 5) is 12.5. The van der Waals surface area contributed by atoms with Crippen LogP contribution in [-0.4, -0.2) is 33.7 Å². The fourth-order valence-electron chi connectivity index (χ4n) is 3.42. The lowest BCUT2D eigenvalue weighted by Crippen LogP contribution is -2.30. The summed E-state index contributed by atoms with van der Waals surface area (Å²) in [5, 5.41) is 3.40. The molecule has 0 radical (unpaired) electrons. The van der Waals surface area contributed by atoms with E-state index in [1.807, 2.05) is 24.3 Å². The molecule has 0 aromatic heterocycles. The molecule has 0 saturated heterocycles. The highest BCUT2D eigenvalue weighted by Crippen LogP contribution is 2.24. The van der Waals surface area contributed by atoms with Crippen molar-refractivity contribution in [3.63, 3.8) is 0 Å². The number of amides is 1. The molecular formula is C27H31ClN2O4S. The molecule has 0 saturated carbocycles. The number of anilines is 1. The Morgan fingerprint density at radius 2 is 1.54 bits per heavy atom. The van der Waals surface area contributed by atoms with Gasteiger partial charge in [0.15, 0.2) is 0 Å². The van der Waals surface area contributed by atoms with Gasteiger partial charge in [0.2, 0.25) is 10.0 Å². The molecule has 0 atom stereocenters. The van der Waals surface area contributed by atoms with Crippen molar-refractivity contribution >= 4 is 33.2 Å². The fraction of sp³-hybridized carbons (Fsp3) is 0.296. The molecule has 3 aromatic rings. The van der Waals surface area contributed by atoms with Crippen LogP contribution in [0.3, 0.4) is 0 Å². The van der Waals surface area contributed by atoms with Crippen LogP contribution >= 0.6 is 11.6 Å². The van der Waals surface area contributed by atoms with Crippen LogP contribution in [0.1, 0.15) is 42.3 Å². The van der Waals surface area contributed by atoms with Gasteiger partial charge in [-0.2, -0.15) is 0 Å². The largest absolute Gasteiger partial charge is 0.492 e. The van der Waals surface area contributed by atoms with E-state index in [0.29, 0.717) is 29.4 Å². The van der Waals surface area contributed by atoms with Crippen molar-refractivity contribution < 1.29 is 17.9 Å². The second kappa shape index (κ2) is 11.1. The summed E-state index contributed by atoms with van der Waals surface area (Å²) in [5.41, 5.74) is 3.01. The van der Waals surface area contributed by atoms with Crippen molar-refractivity contribution in [2.75, 3.05) is 23.7 Å². The summed E-state index contributed by atoms with van der Waals surface area (Å²) in [5.74, 6) is 0.491. The predicted octanol–water partition coefficient (Wildman–Crippen LogP) is 5.41. The maximum absolute atomic E-state index is 12.5. The molecule has 0 unspecified atom stereocenters. The van der Waals surface area contributed by atoms with Crippen molar-refractivity contribution in [3.8, 4) is 5.75 Å². The van der Waals surface area contributed by atoms with E-state index in [0.717, 1.165) is 17.6 Å². The van der Waals surface area contributed by atoms with Crippen LogP contribution in [0, 0.1) is 0 Å². The van der Waals surface area contributed by atoms with E-state index < -0.39 is 10.0 Å². The average molecular weight is 515 g/mol. The quantitative estimate of drug-likeness (QED) is 0.387. The molecule has 1 N–H and O–H groups in total. The Bertz CT molecular complexity index is 1230. The number of ether oxygens (including phenoxy) is 1. The summed E-state index contributed by atoms with van der Waals surface area (Å²) in [6, 6.07) is 21.4. The Kier molecular flexibility index (Phi) is 8.46. The Morgan fingerprint density at radius 3 is 2.09 bits per heavy atom. The fourth-order valence-corrected chi connectivity index (χ4v) is 4.44. The van der Waals surface area contributed by atoms with Crippen LogP contribution < -0.4 is 14.4 Å².